The number of hydrogen-bond acceptors (Lipinski definition) is 4. The van der Waals surface area contributed by atoms with E-state index in [-0.39, 0.29) is 18.1 Å². The van der Waals surface area contributed by atoms with Gasteiger partial charge in [0.1, 0.15) is 6.61 Å². The number of carboxylic acid groups (broad SMARTS) is 1. The van der Waals surface area contributed by atoms with E-state index in [0.29, 0.717) is 16.2 Å². The standard InChI is InChI=1S/C19H13FN2O3S/c20-14-8-13(6-7-17(14)25-10-12-4-2-1-3-5-12)16-11-26-19-21-15(18(23)24)9-22(16)19/h1-9,11H,10H2,(H,23,24). The molecule has 4 aromatic rings. The Balaban J connectivity index is 1.60. The summed E-state index contributed by atoms with van der Waals surface area (Å²) in [6, 6.07) is 14.2. The largest absolute Gasteiger partial charge is 0.486 e. The maximum Gasteiger partial charge on any atom is 0.356 e. The zero-order chi connectivity index (χ0) is 18.1. The van der Waals surface area contributed by atoms with Crippen LogP contribution in [-0.2, 0) is 6.61 Å². The van der Waals surface area contributed by atoms with E-state index in [0.717, 1.165) is 5.56 Å². The third-order valence-corrected chi connectivity index (χ3v) is 4.73. The summed E-state index contributed by atoms with van der Waals surface area (Å²) in [7, 11) is 0. The number of nitrogens with zero attached hydrogens (tertiary/aromatic N) is 2. The van der Waals surface area contributed by atoms with Gasteiger partial charge in [-0.3, -0.25) is 4.40 Å². The molecule has 2 aromatic carbocycles. The Morgan fingerprint density at radius 2 is 2.04 bits per heavy atom. The van der Waals surface area contributed by atoms with Crippen molar-refractivity contribution < 1.29 is 19.0 Å². The van der Waals surface area contributed by atoms with Crippen molar-refractivity contribution in [2.75, 3.05) is 0 Å². The summed E-state index contributed by atoms with van der Waals surface area (Å²) in [5.41, 5.74) is 2.21. The molecule has 0 aliphatic heterocycles. The highest BCUT2D eigenvalue weighted by Gasteiger charge is 2.15. The van der Waals surface area contributed by atoms with E-state index >= 15 is 0 Å². The van der Waals surface area contributed by atoms with Crippen molar-refractivity contribution in [2.45, 2.75) is 6.61 Å². The average molecular weight is 368 g/mol. The number of fused-ring (bicyclic) bond motifs is 1. The SMILES string of the molecule is O=C(O)c1cn2c(-c3ccc(OCc4ccccc4)c(F)c3)csc2n1. The van der Waals surface area contributed by atoms with Crippen LogP contribution in [0.3, 0.4) is 0 Å². The molecule has 0 spiro atoms. The van der Waals surface area contributed by atoms with Gasteiger partial charge < -0.3 is 9.84 Å². The van der Waals surface area contributed by atoms with Crippen molar-refractivity contribution in [3.8, 4) is 17.0 Å². The van der Waals surface area contributed by atoms with Crippen molar-refractivity contribution in [3.05, 3.63) is 77.2 Å². The highest BCUT2D eigenvalue weighted by Crippen LogP contribution is 2.30. The number of benzene rings is 2. The second-order valence-corrected chi connectivity index (χ2v) is 6.46. The number of aromatic carboxylic acids is 1. The maximum absolute atomic E-state index is 14.4. The second-order valence-electron chi connectivity index (χ2n) is 5.62. The molecule has 2 aromatic heterocycles. The molecule has 0 bridgehead atoms. The van der Waals surface area contributed by atoms with Crippen molar-refractivity contribution >= 4 is 22.3 Å². The Morgan fingerprint density at radius 1 is 1.23 bits per heavy atom. The van der Waals surface area contributed by atoms with Gasteiger partial charge in [0.25, 0.3) is 0 Å². The van der Waals surface area contributed by atoms with Gasteiger partial charge in [-0.15, -0.1) is 11.3 Å². The molecule has 4 rings (SSSR count). The number of halogens is 1. The molecule has 7 heteroatoms. The van der Waals surface area contributed by atoms with E-state index < -0.39 is 11.8 Å². The molecule has 0 unspecified atom stereocenters. The molecule has 0 saturated carbocycles. The Hall–Kier alpha value is -3.19. The fourth-order valence-electron chi connectivity index (χ4n) is 2.61. The van der Waals surface area contributed by atoms with Gasteiger partial charge in [-0.25, -0.2) is 14.2 Å². The van der Waals surface area contributed by atoms with E-state index in [1.165, 1.54) is 23.6 Å². The monoisotopic (exact) mass is 368 g/mol. The molecule has 130 valence electrons. The summed E-state index contributed by atoms with van der Waals surface area (Å²) in [5, 5.41) is 10.9. The third kappa shape index (κ3) is 3.04. The number of thiazole rings is 1. The lowest BCUT2D eigenvalue weighted by molar-refractivity contribution is 0.0691. The predicted molar refractivity (Wildman–Crippen MR) is 96.2 cm³/mol. The molecule has 0 radical (unpaired) electrons. The smallest absolute Gasteiger partial charge is 0.356 e. The normalized spacial score (nSPS) is 11.0. The Morgan fingerprint density at radius 3 is 2.77 bits per heavy atom. The van der Waals surface area contributed by atoms with E-state index in [4.69, 9.17) is 9.84 Å². The minimum atomic E-state index is -1.09. The molecule has 0 saturated heterocycles. The molecule has 0 atom stereocenters. The van der Waals surface area contributed by atoms with Crippen LogP contribution in [-0.4, -0.2) is 20.5 Å². The summed E-state index contributed by atoms with van der Waals surface area (Å²) in [4.78, 5) is 15.6. The maximum atomic E-state index is 14.4. The summed E-state index contributed by atoms with van der Waals surface area (Å²) in [5.74, 6) is -1.40. The van der Waals surface area contributed by atoms with Crippen molar-refractivity contribution in [3.63, 3.8) is 0 Å². The first-order valence-corrected chi connectivity index (χ1v) is 8.66. The molecule has 0 fully saturated rings. The molecular formula is C19H13FN2O3S. The van der Waals surface area contributed by atoms with Gasteiger partial charge in [0, 0.05) is 17.1 Å². The molecule has 26 heavy (non-hydrogen) atoms. The number of carboxylic acids is 1. The summed E-state index contributed by atoms with van der Waals surface area (Å²) >= 11 is 1.30. The zero-order valence-electron chi connectivity index (χ0n) is 13.4. The minimum Gasteiger partial charge on any atom is -0.486 e. The van der Waals surface area contributed by atoms with Crippen molar-refractivity contribution in [1.82, 2.24) is 9.38 Å². The first kappa shape index (κ1) is 16.3. The van der Waals surface area contributed by atoms with E-state index in [2.05, 4.69) is 4.98 Å². The summed E-state index contributed by atoms with van der Waals surface area (Å²) < 4.78 is 21.6. The molecule has 1 N–H and O–H groups in total. The second kappa shape index (κ2) is 6.61. The van der Waals surface area contributed by atoms with Crippen LogP contribution in [0.4, 0.5) is 4.39 Å². The van der Waals surface area contributed by atoms with Gasteiger partial charge in [0.2, 0.25) is 0 Å². The molecule has 0 amide bonds. The van der Waals surface area contributed by atoms with Gasteiger partial charge in [0.15, 0.2) is 22.2 Å². The zero-order valence-corrected chi connectivity index (χ0v) is 14.2. The number of aromatic nitrogens is 2. The third-order valence-electron chi connectivity index (χ3n) is 3.89. The van der Waals surface area contributed by atoms with E-state index in [1.54, 1.807) is 16.5 Å². The quantitative estimate of drug-likeness (QED) is 0.564. The lowest BCUT2D eigenvalue weighted by Gasteiger charge is -2.09. The van der Waals surface area contributed by atoms with Crippen LogP contribution in [0.15, 0.2) is 60.1 Å². The van der Waals surface area contributed by atoms with Gasteiger partial charge in [-0.2, -0.15) is 0 Å². The number of hydrogen-bond donors (Lipinski definition) is 1. The number of rotatable bonds is 5. The summed E-state index contributed by atoms with van der Waals surface area (Å²) in [6.07, 6.45) is 1.43. The highest BCUT2D eigenvalue weighted by molar-refractivity contribution is 7.15. The Bertz CT molecular complexity index is 1090. The fourth-order valence-corrected chi connectivity index (χ4v) is 3.49. The first-order chi connectivity index (χ1) is 12.6. The molecule has 0 aliphatic rings. The average Bonchev–Trinajstić information content (AvgIpc) is 3.22. The fraction of sp³-hybridized carbons (Fsp3) is 0.0526. The van der Waals surface area contributed by atoms with Crippen LogP contribution in [0.1, 0.15) is 16.1 Å². The van der Waals surface area contributed by atoms with E-state index in [9.17, 15) is 9.18 Å². The number of ether oxygens (including phenoxy) is 1. The van der Waals surface area contributed by atoms with Gasteiger partial charge in [0.05, 0.1) is 5.69 Å². The van der Waals surface area contributed by atoms with Crippen LogP contribution < -0.4 is 4.74 Å². The Labute approximate surface area is 151 Å². The van der Waals surface area contributed by atoms with Crippen LogP contribution in [0, 0.1) is 5.82 Å². The topological polar surface area (TPSA) is 63.8 Å². The number of carbonyl (C=O) groups is 1. The van der Waals surface area contributed by atoms with Crippen LogP contribution in [0.5, 0.6) is 5.75 Å². The van der Waals surface area contributed by atoms with Gasteiger partial charge in [-0.1, -0.05) is 30.3 Å². The lowest BCUT2D eigenvalue weighted by Crippen LogP contribution is -1.97. The predicted octanol–water partition coefficient (Wildman–Crippen LogP) is 4.48. The minimum absolute atomic E-state index is 0.0404. The molecule has 0 aliphatic carbocycles. The Kier molecular flexibility index (Phi) is 4.14. The molecular weight excluding hydrogens is 355 g/mol. The van der Waals surface area contributed by atoms with Crippen LogP contribution >= 0.6 is 11.3 Å². The molecule has 5 nitrogen and oxygen atoms in total. The lowest BCUT2D eigenvalue weighted by atomic mass is 10.1. The highest BCUT2D eigenvalue weighted by atomic mass is 32.1. The van der Waals surface area contributed by atoms with E-state index in [1.807, 2.05) is 35.7 Å². The van der Waals surface area contributed by atoms with Crippen LogP contribution in [0.25, 0.3) is 16.2 Å². The van der Waals surface area contributed by atoms with Gasteiger partial charge >= 0.3 is 5.97 Å². The number of imidazole rings is 1. The van der Waals surface area contributed by atoms with Crippen molar-refractivity contribution in [1.29, 1.82) is 0 Å². The summed E-state index contributed by atoms with van der Waals surface area (Å²) in [6.45, 7) is 0.281. The van der Waals surface area contributed by atoms with Crippen LogP contribution in [0.2, 0.25) is 0 Å². The first-order valence-electron chi connectivity index (χ1n) is 7.78. The molecule has 2 heterocycles. The van der Waals surface area contributed by atoms with Crippen molar-refractivity contribution in [2.24, 2.45) is 0 Å². The van der Waals surface area contributed by atoms with Gasteiger partial charge in [-0.05, 0) is 23.8 Å².